The number of morpholine rings is 1. The van der Waals surface area contributed by atoms with E-state index in [0.717, 1.165) is 75.5 Å². The maximum absolute atomic E-state index is 13.9. The van der Waals surface area contributed by atoms with Gasteiger partial charge in [-0.1, -0.05) is 24.6 Å². The van der Waals surface area contributed by atoms with Gasteiger partial charge in [0, 0.05) is 50.5 Å². The molecule has 2 aliphatic heterocycles. The molecule has 0 saturated carbocycles. The van der Waals surface area contributed by atoms with Gasteiger partial charge in [0.1, 0.15) is 17.9 Å². The molecule has 0 spiro atoms. The Morgan fingerprint density at radius 2 is 1.80 bits per heavy atom. The van der Waals surface area contributed by atoms with Crippen LogP contribution in [0.2, 0.25) is 0 Å². The number of nitrogens with zero attached hydrogens (tertiary/aromatic N) is 3. The Hall–Kier alpha value is -2.64. The predicted molar refractivity (Wildman–Crippen MR) is 137 cm³/mol. The van der Waals surface area contributed by atoms with Crippen molar-refractivity contribution in [3.63, 3.8) is 0 Å². The van der Waals surface area contributed by atoms with E-state index >= 15 is 0 Å². The van der Waals surface area contributed by atoms with Gasteiger partial charge in [0.25, 0.3) is 5.91 Å². The molecule has 190 valence electrons. The Morgan fingerprint density at radius 1 is 1.06 bits per heavy atom. The van der Waals surface area contributed by atoms with Crippen LogP contribution in [0.4, 0.5) is 0 Å². The van der Waals surface area contributed by atoms with E-state index in [2.05, 4.69) is 16.4 Å². The third-order valence-electron chi connectivity index (χ3n) is 7.34. The van der Waals surface area contributed by atoms with E-state index in [0.29, 0.717) is 18.8 Å². The number of aromatic nitrogens is 1. The number of carbonyl (C=O) groups excluding carboxylic acids is 1. The summed E-state index contributed by atoms with van der Waals surface area (Å²) in [6.45, 7) is 11.8. The van der Waals surface area contributed by atoms with Gasteiger partial charge in [-0.05, 0) is 51.7 Å². The van der Waals surface area contributed by atoms with Crippen LogP contribution < -0.4 is 10.2 Å². The molecule has 2 fully saturated rings. The number of carbonyl (C=O) groups is 1. The summed E-state index contributed by atoms with van der Waals surface area (Å²) in [5.41, 5.74) is 2.74. The molecule has 2 aliphatic rings. The number of aryl methyl sites for hydroxylation is 2. The molecule has 0 unspecified atom stereocenters. The molecule has 3 heterocycles. The summed E-state index contributed by atoms with van der Waals surface area (Å²) in [5.74, 6) is 0.580. The van der Waals surface area contributed by atoms with Crippen LogP contribution in [0.5, 0.6) is 5.75 Å². The first-order chi connectivity index (χ1) is 17.0. The minimum absolute atomic E-state index is 0.149. The molecule has 7 heteroatoms. The van der Waals surface area contributed by atoms with Crippen molar-refractivity contribution in [1.82, 2.24) is 14.4 Å². The fourth-order valence-electron chi connectivity index (χ4n) is 5.21. The second kappa shape index (κ2) is 11.9. The molecule has 1 aromatic heterocycles. The highest BCUT2D eigenvalue weighted by atomic mass is 16.5. The Labute approximate surface area is 208 Å². The molecule has 1 aromatic carbocycles. The van der Waals surface area contributed by atoms with Gasteiger partial charge in [0.2, 0.25) is 0 Å². The summed E-state index contributed by atoms with van der Waals surface area (Å²) < 4.78 is 13.8. The monoisotopic (exact) mass is 481 g/mol. The van der Waals surface area contributed by atoms with Gasteiger partial charge in [-0.2, -0.15) is 0 Å². The molecule has 2 aromatic rings. The zero-order valence-corrected chi connectivity index (χ0v) is 21.4. The lowest BCUT2D eigenvalue weighted by Crippen LogP contribution is -2.46. The number of benzene rings is 1. The summed E-state index contributed by atoms with van der Waals surface area (Å²) >= 11 is 0. The zero-order valence-electron chi connectivity index (χ0n) is 21.4. The molecule has 1 atom stereocenters. The number of rotatable bonds is 8. The number of hydrogen-bond donors (Lipinski definition) is 0. The topological polar surface area (TPSA) is 64.0 Å². The minimum Gasteiger partial charge on any atom is -0.487 e. The number of hydrogen-bond acceptors (Lipinski definition) is 5. The highest BCUT2D eigenvalue weighted by Crippen LogP contribution is 2.23. The van der Waals surface area contributed by atoms with Crippen LogP contribution in [0.3, 0.4) is 0 Å². The van der Waals surface area contributed by atoms with E-state index < -0.39 is 0 Å². The maximum Gasteiger partial charge on any atom is 0.260 e. The van der Waals surface area contributed by atoms with Crippen molar-refractivity contribution in [2.24, 2.45) is 0 Å². The summed E-state index contributed by atoms with van der Waals surface area (Å²) in [7, 11) is 0. The Kier molecular flexibility index (Phi) is 8.63. The summed E-state index contributed by atoms with van der Waals surface area (Å²) in [6, 6.07) is 9.67. The summed E-state index contributed by atoms with van der Waals surface area (Å²) in [5, 5.41) is 0. The number of ether oxygens (including phenoxy) is 2. The second-order valence-corrected chi connectivity index (χ2v) is 9.74. The van der Waals surface area contributed by atoms with Gasteiger partial charge in [-0.25, -0.2) is 0 Å². The standard InChI is InChI=1S/C28H39N3O4/c1-4-23-7-5-6-12-31(23)28(33)27-25(20-35-24-10-8-21(2)9-11-24)30(22(3)19-26(27)32)14-13-29-15-17-34-18-16-29/h8-11,19,23H,4-7,12-18,20H2,1-3H3/t23-/m1/s1. The van der Waals surface area contributed by atoms with Gasteiger partial charge >= 0.3 is 0 Å². The smallest absolute Gasteiger partial charge is 0.260 e. The average molecular weight is 482 g/mol. The molecule has 1 amide bonds. The third-order valence-corrected chi connectivity index (χ3v) is 7.34. The molecule has 35 heavy (non-hydrogen) atoms. The lowest BCUT2D eigenvalue weighted by molar-refractivity contribution is 0.0361. The van der Waals surface area contributed by atoms with Gasteiger partial charge in [-0.15, -0.1) is 0 Å². The molecular weight excluding hydrogens is 442 g/mol. The molecule has 0 N–H and O–H groups in total. The maximum atomic E-state index is 13.9. The average Bonchev–Trinajstić information content (AvgIpc) is 2.88. The van der Waals surface area contributed by atoms with Crippen LogP contribution in [-0.4, -0.2) is 65.7 Å². The van der Waals surface area contributed by atoms with Crippen LogP contribution in [0.25, 0.3) is 0 Å². The predicted octanol–water partition coefficient (Wildman–Crippen LogP) is 3.78. The molecule has 2 saturated heterocycles. The first-order valence-electron chi connectivity index (χ1n) is 13.0. The highest BCUT2D eigenvalue weighted by molar-refractivity contribution is 5.95. The molecule has 0 bridgehead atoms. The van der Waals surface area contributed by atoms with Gasteiger partial charge in [0.15, 0.2) is 5.43 Å². The van der Waals surface area contributed by atoms with Crippen molar-refractivity contribution in [1.29, 1.82) is 0 Å². The molecule has 0 radical (unpaired) electrons. The van der Waals surface area contributed by atoms with Crippen molar-refractivity contribution in [2.75, 3.05) is 39.4 Å². The third kappa shape index (κ3) is 6.14. The molecule has 7 nitrogen and oxygen atoms in total. The largest absolute Gasteiger partial charge is 0.487 e. The zero-order chi connectivity index (χ0) is 24.8. The second-order valence-electron chi connectivity index (χ2n) is 9.74. The Balaban J connectivity index is 1.68. The van der Waals surface area contributed by atoms with E-state index in [1.165, 1.54) is 0 Å². The van der Waals surface area contributed by atoms with Crippen molar-refractivity contribution >= 4 is 5.91 Å². The lowest BCUT2D eigenvalue weighted by atomic mass is 9.98. The molecule has 4 rings (SSSR count). The van der Waals surface area contributed by atoms with Crippen LogP contribution in [0, 0.1) is 13.8 Å². The van der Waals surface area contributed by atoms with Crippen molar-refractivity contribution in [2.45, 2.75) is 65.6 Å². The van der Waals surface area contributed by atoms with Crippen molar-refractivity contribution < 1.29 is 14.3 Å². The molecule has 0 aliphatic carbocycles. The van der Waals surface area contributed by atoms with Gasteiger partial charge < -0.3 is 18.9 Å². The van der Waals surface area contributed by atoms with E-state index in [9.17, 15) is 9.59 Å². The molecular formula is C28H39N3O4. The highest BCUT2D eigenvalue weighted by Gasteiger charge is 2.31. The normalized spacial score (nSPS) is 19.1. The van der Waals surface area contributed by atoms with E-state index in [4.69, 9.17) is 9.47 Å². The van der Waals surface area contributed by atoms with E-state index in [-0.39, 0.29) is 29.5 Å². The van der Waals surface area contributed by atoms with Crippen LogP contribution >= 0.6 is 0 Å². The van der Waals surface area contributed by atoms with Crippen molar-refractivity contribution in [3.8, 4) is 5.75 Å². The summed E-state index contributed by atoms with van der Waals surface area (Å²) in [4.78, 5) is 31.5. The van der Waals surface area contributed by atoms with Crippen LogP contribution in [0.15, 0.2) is 35.1 Å². The first kappa shape index (κ1) is 25.5. The van der Waals surface area contributed by atoms with Gasteiger partial charge in [0.05, 0.1) is 18.9 Å². The van der Waals surface area contributed by atoms with E-state index in [1.54, 1.807) is 6.07 Å². The SMILES string of the molecule is CC[C@@H]1CCCCN1C(=O)c1c(COc2ccc(C)cc2)n(CCN2CCOCC2)c(C)cc1=O. The number of piperidine rings is 1. The van der Waals surface area contributed by atoms with Crippen LogP contribution in [-0.2, 0) is 17.9 Å². The van der Waals surface area contributed by atoms with Crippen molar-refractivity contribution in [3.05, 3.63) is 63.1 Å². The fraction of sp³-hybridized carbons (Fsp3) is 0.571. The van der Waals surface area contributed by atoms with Gasteiger partial charge in [-0.3, -0.25) is 14.5 Å². The Morgan fingerprint density at radius 3 is 2.51 bits per heavy atom. The summed E-state index contributed by atoms with van der Waals surface area (Å²) in [6.07, 6.45) is 4.00. The van der Waals surface area contributed by atoms with E-state index in [1.807, 2.05) is 43.0 Å². The van der Waals surface area contributed by atoms with Crippen LogP contribution in [0.1, 0.15) is 59.9 Å². The number of likely N-dealkylation sites (tertiary alicyclic amines) is 1. The lowest BCUT2D eigenvalue weighted by Gasteiger charge is -2.36. The number of pyridine rings is 1. The first-order valence-corrected chi connectivity index (χ1v) is 13.0. The quantitative estimate of drug-likeness (QED) is 0.574. The fourth-order valence-corrected chi connectivity index (χ4v) is 5.21. The minimum atomic E-state index is -0.210. The Bertz CT molecular complexity index is 1060. The number of amides is 1.